The van der Waals surface area contributed by atoms with E-state index in [0.29, 0.717) is 11.4 Å². The lowest BCUT2D eigenvalue weighted by Gasteiger charge is -2.13. The zero-order valence-corrected chi connectivity index (χ0v) is 16.8. The normalized spacial score (nSPS) is 11.7. The fraction of sp³-hybridized carbons (Fsp3) is 0.300. The number of nitrogens with zero attached hydrogens (tertiary/aromatic N) is 4. The standard InChI is InChI=1S/C20H21N5O4/c1-11-17(12(2)24(5)23-11)22-18(26)14(4)29-20(27)16-13(3)28-19(15(16)10-21)25-8-6-7-9-25/h6-9,14H,1-5H3,(H,22,26)/t14-/m0/s1. The Morgan fingerprint density at radius 2 is 1.93 bits per heavy atom. The van der Waals surface area contributed by atoms with E-state index in [1.807, 2.05) is 13.0 Å². The summed E-state index contributed by atoms with van der Waals surface area (Å²) in [6.07, 6.45) is 2.31. The van der Waals surface area contributed by atoms with Gasteiger partial charge in [-0.15, -0.1) is 0 Å². The molecular weight excluding hydrogens is 374 g/mol. The topological polar surface area (TPSA) is 115 Å². The number of anilines is 1. The average molecular weight is 395 g/mol. The van der Waals surface area contributed by atoms with Crippen LogP contribution in [0.15, 0.2) is 28.9 Å². The van der Waals surface area contributed by atoms with Crippen LogP contribution in [0.2, 0.25) is 0 Å². The van der Waals surface area contributed by atoms with Crippen LogP contribution in [0.3, 0.4) is 0 Å². The number of aromatic nitrogens is 3. The highest BCUT2D eigenvalue weighted by Crippen LogP contribution is 2.26. The molecule has 0 aliphatic rings. The summed E-state index contributed by atoms with van der Waals surface area (Å²) in [5.41, 5.74) is 2.07. The Hall–Kier alpha value is -3.80. The van der Waals surface area contributed by atoms with Crippen LogP contribution in [0.1, 0.15) is 40.0 Å². The number of hydrogen-bond acceptors (Lipinski definition) is 6. The van der Waals surface area contributed by atoms with Gasteiger partial charge in [-0.05, 0) is 39.8 Å². The number of amides is 1. The summed E-state index contributed by atoms with van der Waals surface area (Å²) in [6.45, 7) is 6.62. The smallest absolute Gasteiger partial charge is 0.343 e. The molecule has 3 heterocycles. The van der Waals surface area contributed by atoms with Crippen molar-refractivity contribution in [3.63, 3.8) is 0 Å². The summed E-state index contributed by atoms with van der Waals surface area (Å²) in [4.78, 5) is 25.2. The van der Waals surface area contributed by atoms with E-state index in [0.717, 1.165) is 5.69 Å². The molecule has 150 valence electrons. The first-order valence-corrected chi connectivity index (χ1v) is 8.93. The lowest BCUT2D eigenvalue weighted by Crippen LogP contribution is -2.30. The van der Waals surface area contributed by atoms with Gasteiger partial charge in [0.2, 0.25) is 5.88 Å². The Morgan fingerprint density at radius 1 is 1.28 bits per heavy atom. The van der Waals surface area contributed by atoms with Gasteiger partial charge in [0.25, 0.3) is 5.91 Å². The van der Waals surface area contributed by atoms with Gasteiger partial charge in [-0.2, -0.15) is 10.4 Å². The van der Waals surface area contributed by atoms with Gasteiger partial charge in [-0.25, -0.2) is 4.79 Å². The molecule has 9 nitrogen and oxygen atoms in total. The van der Waals surface area contributed by atoms with E-state index in [9.17, 15) is 14.9 Å². The Morgan fingerprint density at radius 3 is 2.48 bits per heavy atom. The molecule has 3 rings (SSSR count). The van der Waals surface area contributed by atoms with Gasteiger partial charge in [0.05, 0.1) is 17.1 Å². The van der Waals surface area contributed by atoms with Crippen molar-refractivity contribution in [2.24, 2.45) is 7.05 Å². The van der Waals surface area contributed by atoms with Gasteiger partial charge in [0, 0.05) is 19.4 Å². The third-order valence-electron chi connectivity index (χ3n) is 4.63. The van der Waals surface area contributed by atoms with E-state index in [-0.39, 0.29) is 22.8 Å². The second-order valence-corrected chi connectivity index (χ2v) is 6.62. The minimum atomic E-state index is -1.09. The maximum atomic E-state index is 12.7. The number of rotatable bonds is 5. The molecule has 0 unspecified atom stereocenters. The SMILES string of the molecule is Cc1nn(C)c(C)c1NC(=O)[C@H](C)OC(=O)c1c(C)oc(-n2cccc2)c1C#N. The van der Waals surface area contributed by atoms with Crippen LogP contribution in [-0.4, -0.2) is 32.3 Å². The number of nitriles is 1. The molecule has 3 aromatic rings. The molecule has 0 aromatic carbocycles. The lowest BCUT2D eigenvalue weighted by molar-refractivity contribution is -0.123. The summed E-state index contributed by atoms with van der Waals surface area (Å²) in [6, 6.07) is 5.53. The first-order valence-electron chi connectivity index (χ1n) is 8.93. The average Bonchev–Trinajstić information content (AvgIpc) is 3.36. The van der Waals surface area contributed by atoms with Crippen LogP contribution < -0.4 is 5.32 Å². The van der Waals surface area contributed by atoms with Gasteiger partial charge >= 0.3 is 5.97 Å². The zero-order valence-electron chi connectivity index (χ0n) is 16.8. The Labute approximate surface area is 167 Å². The third kappa shape index (κ3) is 3.65. The van der Waals surface area contributed by atoms with Gasteiger partial charge in [0.1, 0.15) is 23.0 Å². The largest absolute Gasteiger partial charge is 0.449 e. The fourth-order valence-corrected chi connectivity index (χ4v) is 2.98. The van der Waals surface area contributed by atoms with Gasteiger partial charge in [-0.1, -0.05) is 0 Å². The first-order chi connectivity index (χ1) is 13.7. The number of carbonyl (C=O) groups is 2. The molecule has 0 bridgehead atoms. The number of nitrogens with one attached hydrogen (secondary N) is 1. The number of hydrogen-bond donors (Lipinski definition) is 1. The van der Waals surface area contributed by atoms with Crippen molar-refractivity contribution in [2.75, 3.05) is 5.32 Å². The maximum absolute atomic E-state index is 12.7. The van der Waals surface area contributed by atoms with E-state index in [1.54, 1.807) is 54.7 Å². The van der Waals surface area contributed by atoms with Crippen LogP contribution in [0.25, 0.3) is 5.88 Å². The van der Waals surface area contributed by atoms with Crippen molar-refractivity contribution in [3.05, 3.63) is 52.8 Å². The third-order valence-corrected chi connectivity index (χ3v) is 4.63. The van der Waals surface area contributed by atoms with E-state index < -0.39 is 18.0 Å². The Balaban J connectivity index is 1.80. The molecule has 9 heteroatoms. The van der Waals surface area contributed by atoms with Gasteiger partial charge in [0.15, 0.2) is 6.10 Å². The molecule has 0 spiro atoms. The van der Waals surface area contributed by atoms with Gasteiger partial charge < -0.3 is 14.5 Å². The number of carbonyl (C=O) groups excluding carboxylic acids is 2. The van der Waals surface area contributed by atoms with Crippen molar-refractivity contribution in [1.29, 1.82) is 5.26 Å². The minimum Gasteiger partial charge on any atom is -0.449 e. The fourth-order valence-electron chi connectivity index (χ4n) is 2.98. The molecule has 1 N–H and O–H groups in total. The molecular formula is C20H21N5O4. The van der Waals surface area contributed by atoms with Gasteiger partial charge in [-0.3, -0.25) is 14.0 Å². The monoisotopic (exact) mass is 395 g/mol. The zero-order chi connectivity index (χ0) is 21.3. The molecule has 0 aliphatic carbocycles. The second kappa shape index (κ2) is 7.67. The highest BCUT2D eigenvalue weighted by atomic mass is 16.5. The minimum absolute atomic E-state index is 0.00425. The summed E-state index contributed by atoms with van der Waals surface area (Å²) in [5, 5.41) is 16.5. The number of esters is 1. The number of aryl methyl sites for hydroxylation is 3. The van der Waals surface area contributed by atoms with Crippen molar-refractivity contribution >= 4 is 17.6 Å². The molecule has 0 saturated carbocycles. The Bertz CT molecular complexity index is 1120. The second-order valence-electron chi connectivity index (χ2n) is 6.62. The Kier molecular flexibility index (Phi) is 5.28. The molecule has 29 heavy (non-hydrogen) atoms. The highest BCUT2D eigenvalue weighted by molar-refractivity contribution is 5.99. The summed E-state index contributed by atoms with van der Waals surface area (Å²) >= 11 is 0. The maximum Gasteiger partial charge on any atom is 0.343 e. The van der Waals surface area contributed by atoms with Crippen LogP contribution in [-0.2, 0) is 16.6 Å². The highest BCUT2D eigenvalue weighted by Gasteiger charge is 2.29. The van der Waals surface area contributed by atoms with Crippen molar-refractivity contribution in [3.8, 4) is 12.0 Å². The predicted octanol–water partition coefficient (Wildman–Crippen LogP) is 2.78. The predicted molar refractivity (Wildman–Crippen MR) is 104 cm³/mol. The summed E-state index contributed by atoms with van der Waals surface area (Å²) in [7, 11) is 1.77. The van der Waals surface area contributed by atoms with Crippen LogP contribution in [0, 0.1) is 32.1 Å². The van der Waals surface area contributed by atoms with Crippen LogP contribution in [0.5, 0.6) is 0 Å². The molecule has 0 aliphatic heterocycles. The van der Waals surface area contributed by atoms with Crippen molar-refractivity contribution in [2.45, 2.75) is 33.8 Å². The van der Waals surface area contributed by atoms with E-state index in [1.165, 1.54) is 6.92 Å². The molecule has 0 saturated heterocycles. The molecule has 1 amide bonds. The van der Waals surface area contributed by atoms with Crippen LogP contribution >= 0.6 is 0 Å². The molecule has 0 radical (unpaired) electrons. The van der Waals surface area contributed by atoms with Crippen molar-refractivity contribution in [1.82, 2.24) is 14.3 Å². The van der Waals surface area contributed by atoms with E-state index in [4.69, 9.17) is 9.15 Å². The molecule has 3 aromatic heterocycles. The molecule has 0 fully saturated rings. The number of ether oxygens (including phenoxy) is 1. The summed E-state index contributed by atoms with van der Waals surface area (Å²) in [5.74, 6) is -0.839. The number of furan rings is 1. The van der Waals surface area contributed by atoms with Crippen LogP contribution in [0.4, 0.5) is 5.69 Å². The lowest BCUT2D eigenvalue weighted by atomic mass is 10.1. The van der Waals surface area contributed by atoms with E-state index >= 15 is 0 Å². The van der Waals surface area contributed by atoms with Crippen molar-refractivity contribution < 1.29 is 18.7 Å². The first kappa shape index (κ1) is 19.9. The molecule has 1 atom stereocenters. The van der Waals surface area contributed by atoms with E-state index in [2.05, 4.69) is 10.4 Å². The quantitative estimate of drug-likeness (QED) is 0.664. The summed E-state index contributed by atoms with van der Waals surface area (Å²) < 4.78 is 14.2.